The summed E-state index contributed by atoms with van der Waals surface area (Å²) < 4.78 is 0.847. The van der Waals surface area contributed by atoms with Gasteiger partial charge in [-0.2, -0.15) is 0 Å². The first-order valence-electron chi connectivity index (χ1n) is 5.94. The zero-order valence-corrected chi connectivity index (χ0v) is 12.8. The van der Waals surface area contributed by atoms with E-state index in [0.717, 1.165) is 17.4 Å². The van der Waals surface area contributed by atoms with Crippen molar-refractivity contribution in [1.29, 1.82) is 0 Å². The van der Waals surface area contributed by atoms with Crippen LogP contribution in [0.2, 0.25) is 0 Å². The van der Waals surface area contributed by atoms with Crippen LogP contribution in [-0.4, -0.2) is 45.6 Å². The van der Waals surface area contributed by atoms with E-state index in [9.17, 15) is 4.79 Å². The molecule has 0 fully saturated rings. The minimum Gasteiger partial charge on any atom is -0.396 e. The molecule has 17 heavy (non-hydrogen) atoms. The number of nitrogens with zero attached hydrogens (tertiary/aromatic N) is 1. The van der Waals surface area contributed by atoms with Crippen LogP contribution in [0.1, 0.15) is 34.1 Å². The van der Waals surface area contributed by atoms with Crippen LogP contribution < -0.4 is 0 Å². The van der Waals surface area contributed by atoms with Crippen LogP contribution in [0.15, 0.2) is 0 Å². The fourth-order valence-corrected chi connectivity index (χ4v) is 2.86. The minimum atomic E-state index is -0.426. The normalized spacial score (nSPS) is 11.4. The fraction of sp³-hybridized carbons (Fsp3) is 0.833. The van der Waals surface area contributed by atoms with Crippen LogP contribution in [0.25, 0.3) is 0 Å². The molecule has 3 nitrogen and oxygen atoms in total. The molecule has 0 saturated heterocycles. The van der Waals surface area contributed by atoms with Crippen LogP contribution in [-0.2, 0) is 4.79 Å². The molecule has 5 heteroatoms. The molecule has 0 atom stereocenters. The summed E-state index contributed by atoms with van der Waals surface area (Å²) in [6.07, 6.45) is 0.228. The second-order valence-corrected chi connectivity index (χ2v) is 6.12. The van der Waals surface area contributed by atoms with E-state index in [1.54, 1.807) is 11.8 Å². The molecule has 0 aliphatic carbocycles. The highest BCUT2D eigenvalue weighted by molar-refractivity contribution is 8.22. The third-order valence-corrected chi connectivity index (χ3v) is 4.65. The number of carbonyl (C=O) groups is 1. The van der Waals surface area contributed by atoms with E-state index in [2.05, 4.69) is 18.7 Å². The van der Waals surface area contributed by atoms with Crippen molar-refractivity contribution < 1.29 is 9.90 Å². The van der Waals surface area contributed by atoms with Gasteiger partial charge in [0.15, 0.2) is 0 Å². The smallest absolute Gasteiger partial charge is 0.141 e. The second kappa shape index (κ2) is 8.06. The largest absolute Gasteiger partial charge is 0.396 e. The lowest BCUT2D eigenvalue weighted by atomic mass is 9.89. The summed E-state index contributed by atoms with van der Waals surface area (Å²) in [4.78, 5) is 13.9. The molecular weight excluding hydrogens is 254 g/mol. The number of hydrogen-bond acceptors (Lipinski definition) is 4. The van der Waals surface area contributed by atoms with Gasteiger partial charge in [-0.15, -0.1) is 0 Å². The number of carbonyl (C=O) groups excluding carboxylic acids is 1. The van der Waals surface area contributed by atoms with Crippen molar-refractivity contribution in [3.63, 3.8) is 0 Å². The van der Waals surface area contributed by atoms with Gasteiger partial charge in [-0.05, 0) is 13.8 Å². The summed E-state index contributed by atoms with van der Waals surface area (Å²) in [6, 6.07) is 0. The Balaban J connectivity index is 4.26. The lowest BCUT2D eigenvalue weighted by Crippen LogP contribution is -2.31. The van der Waals surface area contributed by atoms with Crippen LogP contribution in [0.5, 0.6) is 0 Å². The molecule has 0 bridgehead atoms. The molecule has 1 N–H and O–H groups in total. The Hall–Kier alpha value is -0.130. The zero-order chi connectivity index (χ0) is 13.5. The molecule has 0 aliphatic rings. The third-order valence-electron chi connectivity index (χ3n) is 2.67. The molecule has 0 unspecified atom stereocenters. The first kappa shape index (κ1) is 16.9. The number of aliphatic hydroxyl groups is 1. The monoisotopic (exact) mass is 277 g/mol. The van der Waals surface area contributed by atoms with Gasteiger partial charge in [0.2, 0.25) is 0 Å². The maximum Gasteiger partial charge on any atom is 0.141 e. The van der Waals surface area contributed by atoms with Gasteiger partial charge in [0.1, 0.15) is 10.1 Å². The first-order valence-corrected chi connectivity index (χ1v) is 7.34. The Labute approximate surface area is 114 Å². The highest BCUT2D eigenvalue weighted by atomic mass is 32.2. The highest BCUT2D eigenvalue weighted by Crippen LogP contribution is 2.26. The van der Waals surface area contributed by atoms with Crippen molar-refractivity contribution in [3.05, 3.63) is 0 Å². The van der Waals surface area contributed by atoms with Gasteiger partial charge in [-0.25, -0.2) is 0 Å². The Morgan fingerprint density at radius 2 is 1.88 bits per heavy atom. The number of aliphatic hydroxyl groups excluding tert-OH is 1. The summed E-state index contributed by atoms with van der Waals surface area (Å²) in [7, 11) is 0. The minimum absolute atomic E-state index is 0.0760. The highest BCUT2D eigenvalue weighted by Gasteiger charge is 2.27. The summed E-state index contributed by atoms with van der Waals surface area (Å²) in [5.41, 5.74) is -0.426. The summed E-state index contributed by atoms with van der Waals surface area (Å²) in [5, 5.41) is 8.78. The number of rotatable bonds is 7. The van der Waals surface area contributed by atoms with E-state index in [1.807, 2.05) is 13.8 Å². The average molecular weight is 277 g/mol. The predicted molar refractivity (Wildman–Crippen MR) is 78.5 cm³/mol. The quantitative estimate of drug-likeness (QED) is 0.723. The van der Waals surface area contributed by atoms with Crippen LogP contribution in [0.3, 0.4) is 0 Å². The number of ketones is 1. The zero-order valence-electron chi connectivity index (χ0n) is 11.2. The predicted octanol–water partition coefficient (Wildman–Crippen LogP) is 2.32. The second-order valence-electron chi connectivity index (χ2n) is 4.51. The number of Topliss-reactive ketones (excluding diaryl/α,β-unsaturated/α-hetero) is 1. The molecule has 0 radical (unpaired) electrons. The van der Waals surface area contributed by atoms with Crippen LogP contribution in [0.4, 0.5) is 0 Å². The Morgan fingerprint density at radius 3 is 2.29 bits per heavy atom. The van der Waals surface area contributed by atoms with Crippen molar-refractivity contribution in [2.45, 2.75) is 34.1 Å². The lowest BCUT2D eigenvalue weighted by Gasteiger charge is -2.26. The number of hydrogen-bond donors (Lipinski definition) is 1. The van der Waals surface area contributed by atoms with Gasteiger partial charge in [0.25, 0.3) is 0 Å². The van der Waals surface area contributed by atoms with Gasteiger partial charge in [-0.1, -0.05) is 37.8 Å². The molecule has 0 amide bonds. The van der Waals surface area contributed by atoms with Crippen molar-refractivity contribution in [2.24, 2.45) is 5.41 Å². The molecule has 0 aliphatic heterocycles. The number of thioether (sulfide) groups is 1. The average Bonchev–Trinajstić information content (AvgIpc) is 2.28. The number of thiocarbonyl (C=S) groups is 1. The van der Waals surface area contributed by atoms with E-state index in [4.69, 9.17) is 17.3 Å². The molecule has 0 aromatic carbocycles. The van der Waals surface area contributed by atoms with Gasteiger partial charge >= 0.3 is 0 Å². The first-order chi connectivity index (χ1) is 7.88. The van der Waals surface area contributed by atoms with E-state index in [1.165, 1.54) is 0 Å². The van der Waals surface area contributed by atoms with E-state index < -0.39 is 5.41 Å². The van der Waals surface area contributed by atoms with Gasteiger partial charge in [0.05, 0.1) is 0 Å². The van der Waals surface area contributed by atoms with Crippen molar-refractivity contribution in [2.75, 3.05) is 25.4 Å². The summed E-state index contributed by atoms with van der Waals surface area (Å²) in [6.45, 7) is 9.66. The van der Waals surface area contributed by atoms with E-state index >= 15 is 0 Å². The maximum atomic E-state index is 11.8. The fourth-order valence-electron chi connectivity index (χ4n) is 1.34. The van der Waals surface area contributed by atoms with Gasteiger partial charge in [0, 0.05) is 37.3 Å². The molecule has 0 spiro atoms. The van der Waals surface area contributed by atoms with Crippen molar-refractivity contribution in [1.82, 2.24) is 4.90 Å². The Morgan fingerprint density at radius 1 is 1.35 bits per heavy atom. The molecule has 0 aromatic rings. The van der Waals surface area contributed by atoms with E-state index in [0.29, 0.717) is 5.75 Å². The molecule has 0 rings (SSSR count). The maximum absolute atomic E-state index is 11.8. The Kier molecular flexibility index (Phi) is 8.00. The third kappa shape index (κ3) is 5.84. The SMILES string of the molecule is CCN(CC)C(=S)SCC(C)(C)C(=O)CCO. The lowest BCUT2D eigenvalue weighted by molar-refractivity contribution is -0.126. The van der Waals surface area contributed by atoms with Crippen molar-refractivity contribution in [3.8, 4) is 0 Å². The van der Waals surface area contributed by atoms with E-state index in [-0.39, 0.29) is 18.8 Å². The van der Waals surface area contributed by atoms with Crippen LogP contribution >= 0.6 is 24.0 Å². The topological polar surface area (TPSA) is 40.5 Å². The Bertz CT molecular complexity index is 263. The summed E-state index contributed by atoms with van der Waals surface area (Å²) >= 11 is 6.87. The van der Waals surface area contributed by atoms with Gasteiger partial charge in [-0.3, -0.25) is 4.79 Å². The molecular formula is C12H23NO2S2. The summed E-state index contributed by atoms with van der Waals surface area (Å²) in [5.74, 6) is 0.760. The molecule has 0 heterocycles. The standard InChI is InChI=1S/C12H23NO2S2/c1-5-13(6-2)11(16)17-9-12(3,4)10(15)7-8-14/h14H,5-9H2,1-4H3. The molecule has 0 aromatic heterocycles. The molecule has 100 valence electrons. The van der Waals surface area contributed by atoms with Crippen LogP contribution in [0, 0.1) is 5.41 Å². The van der Waals surface area contributed by atoms with Gasteiger partial charge < -0.3 is 10.0 Å². The molecule has 0 saturated carbocycles. The van der Waals surface area contributed by atoms with Crippen molar-refractivity contribution >= 4 is 34.1 Å².